The molecule has 0 amide bonds. The zero-order valence-corrected chi connectivity index (χ0v) is 24.4. The maximum Gasteiger partial charge on any atom is 0.417 e. The van der Waals surface area contributed by atoms with Gasteiger partial charge in [-0.15, -0.1) is 0 Å². The van der Waals surface area contributed by atoms with Crippen LogP contribution in [0.3, 0.4) is 0 Å². The first-order valence-electron chi connectivity index (χ1n) is 12.9. The summed E-state index contributed by atoms with van der Waals surface area (Å²) in [5.74, 6) is -1.03. The number of benzene rings is 2. The zero-order chi connectivity index (χ0) is 30.8. The van der Waals surface area contributed by atoms with Crippen LogP contribution in [-0.4, -0.2) is 38.4 Å². The molecule has 1 atom stereocenters. The molecular formula is C29H27ClF4N2O5S. The maximum atomic E-state index is 14.5. The van der Waals surface area contributed by atoms with E-state index < -0.39 is 44.5 Å². The Bertz CT molecular complexity index is 1620. The van der Waals surface area contributed by atoms with E-state index in [2.05, 4.69) is 4.98 Å². The van der Waals surface area contributed by atoms with E-state index in [0.29, 0.717) is 23.4 Å². The van der Waals surface area contributed by atoms with Gasteiger partial charge in [-0.05, 0) is 68.7 Å². The van der Waals surface area contributed by atoms with E-state index in [-0.39, 0.29) is 53.8 Å². The van der Waals surface area contributed by atoms with Gasteiger partial charge in [0.2, 0.25) is 5.88 Å². The number of sulfonamides is 1. The number of halogens is 5. The fraction of sp³-hybridized carbons (Fsp3) is 0.310. The van der Waals surface area contributed by atoms with Crippen LogP contribution in [0.25, 0.3) is 11.6 Å². The van der Waals surface area contributed by atoms with Crippen molar-refractivity contribution < 1.29 is 40.2 Å². The lowest BCUT2D eigenvalue weighted by atomic mass is 10.0. The number of anilines is 1. The van der Waals surface area contributed by atoms with Crippen LogP contribution >= 0.6 is 11.6 Å². The first kappa shape index (κ1) is 31.3. The highest BCUT2D eigenvalue weighted by molar-refractivity contribution is 7.93. The summed E-state index contributed by atoms with van der Waals surface area (Å²) < 4.78 is 95.7. The predicted molar refractivity (Wildman–Crippen MR) is 151 cm³/mol. The van der Waals surface area contributed by atoms with E-state index >= 15 is 0 Å². The Morgan fingerprint density at radius 2 is 1.95 bits per heavy atom. The lowest BCUT2D eigenvalue weighted by molar-refractivity contribution is -0.138. The van der Waals surface area contributed by atoms with Crippen molar-refractivity contribution in [2.45, 2.75) is 50.8 Å². The standard InChI is InChI=1S/C29H27ClF4N2O5S/c1-4-40-28-26(14-20(15-35-28)29(32,33)34)42(38,39)36-16-21(10-8-18(3)37)41-25-11-9-19(13-24(25)36)12-17(2)27-22(30)6-5-7-23(27)31/h5-7,9,11-15,21H,4,8,10,16H2,1-3H3. The lowest BCUT2D eigenvalue weighted by Gasteiger charge is -2.36. The molecule has 1 unspecified atom stereocenters. The minimum atomic E-state index is -4.86. The molecule has 1 aliphatic heterocycles. The highest BCUT2D eigenvalue weighted by Crippen LogP contribution is 2.42. The Labute approximate surface area is 245 Å². The number of hydrogen-bond donors (Lipinski definition) is 0. The van der Waals surface area contributed by atoms with Gasteiger partial charge in [-0.25, -0.2) is 17.8 Å². The van der Waals surface area contributed by atoms with E-state index in [1.165, 1.54) is 37.3 Å². The van der Waals surface area contributed by atoms with E-state index in [9.17, 15) is 30.8 Å². The number of allylic oxidation sites excluding steroid dienone is 1. The number of hydrogen-bond acceptors (Lipinski definition) is 6. The Balaban J connectivity index is 1.86. The largest absolute Gasteiger partial charge is 0.486 e. The first-order chi connectivity index (χ1) is 19.7. The van der Waals surface area contributed by atoms with Crippen LogP contribution in [0.5, 0.6) is 11.6 Å². The molecular weight excluding hydrogens is 600 g/mol. The van der Waals surface area contributed by atoms with Gasteiger partial charge in [-0.1, -0.05) is 29.8 Å². The molecule has 3 aromatic rings. The van der Waals surface area contributed by atoms with E-state index in [1.54, 1.807) is 26.0 Å². The minimum Gasteiger partial charge on any atom is -0.486 e. The Morgan fingerprint density at radius 3 is 2.60 bits per heavy atom. The molecule has 0 radical (unpaired) electrons. The minimum absolute atomic E-state index is 0.0371. The third-order valence-corrected chi connectivity index (χ3v) is 8.56. The molecule has 1 aromatic heterocycles. The molecule has 0 bridgehead atoms. The molecule has 0 fully saturated rings. The Morgan fingerprint density at radius 1 is 1.21 bits per heavy atom. The molecule has 0 spiro atoms. The Hall–Kier alpha value is -3.64. The molecule has 42 heavy (non-hydrogen) atoms. The molecule has 2 heterocycles. The number of Topliss-reactive ketones (excluding diaryl/α,β-unsaturated/α-hetero) is 1. The summed E-state index contributed by atoms with van der Waals surface area (Å²) >= 11 is 6.20. The quantitative estimate of drug-likeness (QED) is 0.185. The molecule has 1 aliphatic rings. The number of carbonyl (C=O) groups is 1. The smallest absolute Gasteiger partial charge is 0.417 e. The van der Waals surface area contributed by atoms with Crippen molar-refractivity contribution in [2.24, 2.45) is 0 Å². The maximum absolute atomic E-state index is 14.5. The van der Waals surface area contributed by atoms with Crippen molar-refractivity contribution >= 4 is 44.7 Å². The summed E-state index contributed by atoms with van der Waals surface area (Å²) in [7, 11) is -4.71. The fourth-order valence-electron chi connectivity index (χ4n) is 4.49. The molecule has 2 aromatic carbocycles. The second kappa shape index (κ2) is 12.3. The highest BCUT2D eigenvalue weighted by atomic mass is 35.5. The van der Waals surface area contributed by atoms with Gasteiger partial charge in [0.1, 0.15) is 23.5 Å². The molecule has 13 heteroatoms. The van der Waals surface area contributed by atoms with Gasteiger partial charge in [0.15, 0.2) is 4.90 Å². The van der Waals surface area contributed by atoms with Crippen molar-refractivity contribution in [1.82, 2.24) is 4.98 Å². The molecule has 7 nitrogen and oxygen atoms in total. The van der Waals surface area contributed by atoms with E-state index in [1.807, 2.05) is 0 Å². The van der Waals surface area contributed by atoms with Gasteiger partial charge in [0, 0.05) is 18.2 Å². The van der Waals surface area contributed by atoms with Crippen LogP contribution in [-0.2, 0) is 21.0 Å². The number of ketones is 1. The van der Waals surface area contributed by atoms with Crippen molar-refractivity contribution in [2.75, 3.05) is 17.5 Å². The van der Waals surface area contributed by atoms with E-state index in [4.69, 9.17) is 21.1 Å². The zero-order valence-electron chi connectivity index (χ0n) is 22.8. The number of aromatic nitrogens is 1. The monoisotopic (exact) mass is 626 g/mol. The van der Waals surface area contributed by atoms with Crippen molar-refractivity contribution in [1.29, 1.82) is 0 Å². The molecule has 0 saturated carbocycles. The summed E-state index contributed by atoms with van der Waals surface area (Å²) in [6.45, 7) is 4.22. The average Bonchev–Trinajstić information content (AvgIpc) is 2.91. The summed E-state index contributed by atoms with van der Waals surface area (Å²) in [4.78, 5) is 14.5. The van der Waals surface area contributed by atoms with Gasteiger partial charge >= 0.3 is 6.18 Å². The van der Waals surface area contributed by atoms with Crippen LogP contribution in [0.1, 0.15) is 50.3 Å². The van der Waals surface area contributed by atoms with Gasteiger partial charge in [-0.3, -0.25) is 4.31 Å². The average molecular weight is 627 g/mol. The van der Waals surface area contributed by atoms with Gasteiger partial charge < -0.3 is 14.3 Å². The van der Waals surface area contributed by atoms with Crippen molar-refractivity contribution in [3.05, 3.63) is 76.2 Å². The van der Waals surface area contributed by atoms with Crippen molar-refractivity contribution in [3.63, 3.8) is 0 Å². The number of nitrogens with zero attached hydrogens (tertiary/aromatic N) is 2. The van der Waals surface area contributed by atoms with Crippen molar-refractivity contribution in [3.8, 4) is 11.6 Å². The topological polar surface area (TPSA) is 85.8 Å². The molecule has 224 valence electrons. The van der Waals surface area contributed by atoms with Gasteiger partial charge in [0.05, 0.1) is 29.4 Å². The number of alkyl halides is 3. The Kier molecular flexibility index (Phi) is 9.17. The summed E-state index contributed by atoms with van der Waals surface area (Å²) in [5.41, 5.74) is -0.165. The molecule has 0 aliphatic carbocycles. The second-order valence-electron chi connectivity index (χ2n) is 9.63. The molecule has 4 rings (SSSR count). The normalized spacial score (nSPS) is 15.7. The van der Waals surface area contributed by atoms with Gasteiger partial charge in [0.25, 0.3) is 10.0 Å². The first-order valence-corrected chi connectivity index (χ1v) is 14.7. The fourth-order valence-corrected chi connectivity index (χ4v) is 6.42. The van der Waals surface area contributed by atoms with Crippen LogP contribution < -0.4 is 13.8 Å². The van der Waals surface area contributed by atoms with Crippen LogP contribution in [0.15, 0.2) is 53.6 Å². The van der Waals surface area contributed by atoms with Crippen LogP contribution in [0.2, 0.25) is 5.02 Å². The molecule has 0 N–H and O–H groups in total. The summed E-state index contributed by atoms with van der Waals surface area (Å²) in [6.07, 6.45) is -3.26. The summed E-state index contributed by atoms with van der Waals surface area (Å²) in [5, 5.41) is 0.183. The number of fused-ring (bicyclic) bond motifs is 1. The number of carbonyl (C=O) groups excluding carboxylic acids is 1. The lowest BCUT2D eigenvalue weighted by Crippen LogP contribution is -2.44. The summed E-state index contributed by atoms with van der Waals surface area (Å²) in [6, 6.07) is 9.34. The third kappa shape index (κ3) is 6.70. The second-order valence-corrected chi connectivity index (χ2v) is 11.9. The highest BCUT2D eigenvalue weighted by Gasteiger charge is 2.39. The number of rotatable bonds is 9. The number of pyridine rings is 1. The van der Waals surface area contributed by atoms with E-state index in [0.717, 1.165) is 4.31 Å². The van der Waals surface area contributed by atoms with Crippen LogP contribution in [0, 0.1) is 5.82 Å². The SMILES string of the molecule is CCOc1ncc(C(F)(F)F)cc1S(=O)(=O)N1CC(CCC(C)=O)Oc2ccc(C=C(C)c3c(F)cccc3Cl)cc21. The predicted octanol–water partition coefficient (Wildman–Crippen LogP) is 7.18. The van der Waals surface area contributed by atoms with Crippen LogP contribution in [0.4, 0.5) is 23.2 Å². The number of ether oxygens (including phenoxy) is 2. The van der Waals surface area contributed by atoms with Gasteiger partial charge in [-0.2, -0.15) is 13.2 Å². The third-order valence-electron chi connectivity index (χ3n) is 6.47. The molecule has 0 saturated heterocycles.